The number of likely N-dealkylation sites (tertiary alicyclic amines) is 1. The number of rotatable bonds is 5. The van der Waals surface area contributed by atoms with Crippen LogP contribution in [0.25, 0.3) is 0 Å². The van der Waals surface area contributed by atoms with Gasteiger partial charge in [0, 0.05) is 29.2 Å². The zero-order chi connectivity index (χ0) is 20.1. The van der Waals surface area contributed by atoms with Gasteiger partial charge < -0.3 is 14.4 Å². The van der Waals surface area contributed by atoms with Gasteiger partial charge in [0.1, 0.15) is 18.2 Å². The second-order valence-electron chi connectivity index (χ2n) is 6.64. The Kier molecular flexibility index (Phi) is 6.52. The molecule has 1 fully saturated rings. The van der Waals surface area contributed by atoms with Gasteiger partial charge in [-0.05, 0) is 55.3 Å². The number of carbonyl (C=O) groups excluding carboxylic acids is 2. The fourth-order valence-electron chi connectivity index (χ4n) is 3.22. The van der Waals surface area contributed by atoms with E-state index in [1.54, 1.807) is 29.2 Å². The van der Waals surface area contributed by atoms with E-state index in [0.29, 0.717) is 47.8 Å². The number of esters is 1. The van der Waals surface area contributed by atoms with Crippen LogP contribution in [0, 0.1) is 11.7 Å². The Balaban J connectivity index is 1.52. The number of methoxy groups -OCH3 is 1. The van der Waals surface area contributed by atoms with Gasteiger partial charge in [0.2, 0.25) is 0 Å². The lowest BCUT2D eigenvalue weighted by Crippen LogP contribution is -2.40. The van der Waals surface area contributed by atoms with Crippen LogP contribution in [0.15, 0.2) is 42.5 Å². The molecule has 148 valence electrons. The Morgan fingerprint density at radius 3 is 2.46 bits per heavy atom. The molecule has 0 unspecified atom stereocenters. The van der Waals surface area contributed by atoms with Crippen LogP contribution in [0.4, 0.5) is 4.39 Å². The minimum absolute atomic E-state index is 0.0519. The van der Waals surface area contributed by atoms with Gasteiger partial charge in [-0.25, -0.2) is 4.39 Å². The van der Waals surface area contributed by atoms with Gasteiger partial charge >= 0.3 is 5.97 Å². The molecule has 0 radical (unpaired) electrons. The fourth-order valence-corrected chi connectivity index (χ4v) is 3.35. The molecule has 1 aliphatic heterocycles. The van der Waals surface area contributed by atoms with Crippen molar-refractivity contribution in [3.05, 3.63) is 64.4 Å². The Labute approximate surface area is 168 Å². The molecule has 0 aromatic heterocycles. The Bertz CT molecular complexity index is 848. The standard InChI is InChI=1S/C21H21ClFNO4/c1-27-19-7-6-18(23)12-16(19)13-28-21(26)15-8-10-24(11-9-15)20(25)14-2-4-17(22)5-3-14/h2-7,12,15H,8-11,13H2,1H3. The van der Waals surface area contributed by atoms with Crippen LogP contribution in [0.3, 0.4) is 0 Å². The fraction of sp³-hybridized carbons (Fsp3) is 0.333. The second kappa shape index (κ2) is 9.06. The molecule has 2 aromatic carbocycles. The summed E-state index contributed by atoms with van der Waals surface area (Å²) in [7, 11) is 1.48. The van der Waals surface area contributed by atoms with E-state index in [0.717, 1.165) is 0 Å². The maximum atomic E-state index is 13.4. The van der Waals surface area contributed by atoms with Gasteiger partial charge in [-0.3, -0.25) is 9.59 Å². The zero-order valence-corrected chi connectivity index (χ0v) is 16.2. The van der Waals surface area contributed by atoms with E-state index in [1.165, 1.54) is 25.3 Å². The molecule has 3 rings (SSSR count). The molecule has 0 bridgehead atoms. The van der Waals surface area contributed by atoms with Gasteiger partial charge in [0.05, 0.1) is 13.0 Å². The molecule has 0 atom stereocenters. The Morgan fingerprint density at radius 1 is 1.14 bits per heavy atom. The first kappa shape index (κ1) is 20.1. The van der Waals surface area contributed by atoms with E-state index >= 15 is 0 Å². The molecule has 0 N–H and O–H groups in total. The number of hydrogen-bond donors (Lipinski definition) is 0. The molecule has 5 nitrogen and oxygen atoms in total. The molecule has 1 aliphatic rings. The Hall–Kier alpha value is -2.60. The van der Waals surface area contributed by atoms with Gasteiger partial charge in [-0.2, -0.15) is 0 Å². The largest absolute Gasteiger partial charge is 0.496 e. The average molecular weight is 406 g/mol. The Morgan fingerprint density at radius 2 is 1.82 bits per heavy atom. The van der Waals surface area contributed by atoms with Crippen LogP contribution < -0.4 is 4.74 Å². The van der Waals surface area contributed by atoms with E-state index < -0.39 is 5.82 Å². The molecule has 1 amide bonds. The first-order chi connectivity index (χ1) is 13.5. The van der Waals surface area contributed by atoms with Gasteiger partial charge in [0.15, 0.2) is 0 Å². The lowest BCUT2D eigenvalue weighted by molar-refractivity contribution is -0.151. The number of hydrogen-bond acceptors (Lipinski definition) is 4. The highest BCUT2D eigenvalue weighted by Gasteiger charge is 2.29. The summed E-state index contributed by atoms with van der Waals surface area (Å²) in [5.41, 5.74) is 1.05. The predicted octanol–water partition coefficient (Wildman–Crippen LogP) is 4.08. The monoisotopic (exact) mass is 405 g/mol. The maximum absolute atomic E-state index is 13.4. The van der Waals surface area contributed by atoms with Crippen molar-refractivity contribution in [3.63, 3.8) is 0 Å². The summed E-state index contributed by atoms with van der Waals surface area (Å²) in [6, 6.07) is 10.8. The number of ether oxygens (including phenoxy) is 2. The summed E-state index contributed by atoms with van der Waals surface area (Å²) in [5, 5.41) is 0.577. The molecule has 2 aromatic rings. The number of halogens is 2. The van der Waals surface area contributed by atoms with Crippen LogP contribution in [0.5, 0.6) is 5.75 Å². The summed E-state index contributed by atoms with van der Waals surface area (Å²) < 4.78 is 23.9. The highest BCUT2D eigenvalue weighted by Crippen LogP contribution is 2.24. The summed E-state index contributed by atoms with van der Waals surface area (Å²) in [4.78, 5) is 26.6. The highest BCUT2D eigenvalue weighted by atomic mass is 35.5. The van der Waals surface area contributed by atoms with Gasteiger partial charge in [0.25, 0.3) is 5.91 Å². The summed E-state index contributed by atoms with van der Waals surface area (Å²) >= 11 is 5.85. The SMILES string of the molecule is COc1ccc(F)cc1COC(=O)C1CCN(C(=O)c2ccc(Cl)cc2)CC1. The van der Waals surface area contributed by atoms with Crippen molar-refractivity contribution in [3.8, 4) is 5.75 Å². The minimum Gasteiger partial charge on any atom is -0.496 e. The molecule has 1 heterocycles. The second-order valence-corrected chi connectivity index (χ2v) is 7.07. The van der Waals surface area contributed by atoms with Crippen molar-refractivity contribution >= 4 is 23.5 Å². The normalized spacial score (nSPS) is 14.6. The topological polar surface area (TPSA) is 55.8 Å². The zero-order valence-electron chi connectivity index (χ0n) is 15.5. The summed E-state index contributed by atoms with van der Waals surface area (Å²) in [5.74, 6) is -0.648. The summed E-state index contributed by atoms with van der Waals surface area (Å²) in [6.07, 6.45) is 1.05. The van der Waals surface area contributed by atoms with Crippen molar-refractivity contribution in [1.82, 2.24) is 4.90 Å². The first-order valence-electron chi connectivity index (χ1n) is 9.02. The van der Waals surface area contributed by atoms with Crippen LogP contribution in [-0.2, 0) is 16.1 Å². The molecule has 0 spiro atoms. The molecule has 1 saturated heterocycles. The van der Waals surface area contributed by atoms with E-state index in [2.05, 4.69) is 0 Å². The van der Waals surface area contributed by atoms with Crippen molar-refractivity contribution in [2.75, 3.05) is 20.2 Å². The average Bonchev–Trinajstić information content (AvgIpc) is 2.72. The summed E-state index contributed by atoms with van der Waals surface area (Å²) in [6.45, 7) is 0.901. The molecule has 0 aliphatic carbocycles. The van der Waals surface area contributed by atoms with Gasteiger partial charge in [-0.1, -0.05) is 11.6 Å². The third-order valence-corrected chi connectivity index (χ3v) is 5.07. The predicted molar refractivity (Wildman–Crippen MR) is 103 cm³/mol. The minimum atomic E-state index is -0.416. The molecule has 7 heteroatoms. The molecular formula is C21H21ClFNO4. The smallest absolute Gasteiger partial charge is 0.309 e. The number of nitrogens with zero attached hydrogens (tertiary/aromatic N) is 1. The number of benzene rings is 2. The van der Waals surface area contributed by atoms with Crippen LogP contribution in [0.1, 0.15) is 28.8 Å². The third-order valence-electron chi connectivity index (χ3n) is 4.82. The van der Waals surface area contributed by atoms with Crippen molar-refractivity contribution in [1.29, 1.82) is 0 Å². The van der Waals surface area contributed by atoms with E-state index in [1.807, 2.05) is 0 Å². The van der Waals surface area contributed by atoms with Crippen molar-refractivity contribution in [2.45, 2.75) is 19.4 Å². The molecule has 28 heavy (non-hydrogen) atoms. The number of piperidine rings is 1. The number of carbonyl (C=O) groups is 2. The van der Waals surface area contributed by atoms with E-state index in [9.17, 15) is 14.0 Å². The van der Waals surface area contributed by atoms with E-state index in [-0.39, 0.29) is 24.4 Å². The quantitative estimate of drug-likeness (QED) is 0.703. The lowest BCUT2D eigenvalue weighted by atomic mass is 9.96. The van der Waals surface area contributed by atoms with Gasteiger partial charge in [-0.15, -0.1) is 0 Å². The van der Waals surface area contributed by atoms with Crippen molar-refractivity contribution < 1.29 is 23.5 Å². The van der Waals surface area contributed by atoms with E-state index in [4.69, 9.17) is 21.1 Å². The van der Waals surface area contributed by atoms with Crippen LogP contribution >= 0.6 is 11.6 Å². The van der Waals surface area contributed by atoms with Crippen LogP contribution in [-0.4, -0.2) is 37.0 Å². The van der Waals surface area contributed by atoms with Crippen molar-refractivity contribution in [2.24, 2.45) is 5.92 Å². The third kappa shape index (κ3) is 4.81. The molecular weight excluding hydrogens is 385 g/mol. The maximum Gasteiger partial charge on any atom is 0.309 e. The highest BCUT2D eigenvalue weighted by molar-refractivity contribution is 6.30. The lowest BCUT2D eigenvalue weighted by Gasteiger charge is -2.31. The van der Waals surface area contributed by atoms with Crippen LogP contribution in [0.2, 0.25) is 5.02 Å². The first-order valence-corrected chi connectivity index (χ1v) is 9.39. The number of amides is 1. The molecule has 0 saturated carbocycles.